The Bertz CT molecular complexity index is 316. The van der Waals surface area contributed by atoms with Crippen LogP contribution in [-0.4, -0.2) is 19.1 Å². The average Bonchev–Trinajstić information content (AvgIpc) is 2.14. The van der Waals surface area contributed by atoms with E-state index in [9.17, 15) is 0 Å². The lowest BCUT2D eigenvalue weighted by Gasteiger charge is -2.29. The topological polar surface area (TPSA) is 24.1 Å². The van der Waals surface area contributed by atoms with E-state index in [0.29, 0.717) is 6.04 Å². The summed E-state index contributed by atoms with van der Waals surface area (Å²) in [4.78, 5) is 0. The molecule has 2 nitrogen and oxygen atoms in total. The number of rotatable bonds is 3. The minimum absolute atomic E-state index is 0.627. The molecule has 2 N–H and O–H groups in total. The standard InChI is InChI=1S/C12H18N2/c1-3-10-6-11(5-4-9(10)2)14-12-7-13-8-12/h4-6,12-14H,3,7-8H2,1-2H3. The van der Waals surface area contributed by atoms with Gasteiger partial charge in [-0.05, 0) is 36.6 Å². The molecule has 0 aromatic heterocycles. The van der Waals surface area contributed by atoms with Crippen LogP contribution >= 0.6 is 0 Å². The molecular formula is C12H18N2. The third kappa shape index (κ3) is 1.90. The van der Waals surface area contributed by atoms with Gasteiger partial charge in [0.25, 0.3) is 0 Å². The molecule has 1 saturated heterocycles. The summed E-state index contributed by atoms with van der Waals surface area (Å²) in [6.45, 7) is 6.56. The van der Waals surface area contributed by atoms with Gasteiger partial charge >= 0.3 is 0 Å². The lowest BCUT2D eigenvalue weighted by molar-refractivity contribution is 0.472. The van der Waals surface area contributed by atoms with Gasteiger partial charge in [-0.15, -0.1) is 0 Å². The fourth-order valence-electron chi connectivity index (χ4n) is 1.77. The minimum Gasteiger partial charge on any atom is -0.380 e. The molecular weight excluding hydrogens is 172 g/mol. The molecule has 1 aliphatic rings. The molecule has 1 aromatic carbocycles. The van der Waals surface area contributed by atoms with Crippen LogP contribution in [0.15, 0.2) is 18.2 Å². The van der Waals surface area contributed by atoms with Crippen molar-refractivity contribution < 1.29 is 0 Å². The Morgan fingerprint density at radius 1 is 1.43 bits per heavy atom. The summed E-state index contributed by atoms with van der Waals surface area (Å²) in [5, 5.41) is 6.78. The monoisotopic (exact) mass is 190 g/mol. The van der Waals surface area contributed by atoms with Crippen molar-refractivity contribution in [1.82, 2.24) is 5.32 Å². The van der Waals surface area contributed by atoms with Gasteiger partial charge in [0.15, 0.2) is 0 Å². The third-order valence-corrected chi connectivity index (χ3v) is 2.88. The first-order valence-electron chi connectivity index (χ1n) is 5.36. The Labute approximate surface area is 85.7 Å². The summed E-state index contributed by atoms with van der Waals surface area (Å²) >= 11 is 0. The maximum absolute atomic E-state index is 3.52. The highest BCUT2D eigenvalue weighted by atomic mass is 15.1. The lowest BCUT2D eigenvalue weighted by Crippen LogP contribution is -2.51. The second-order valence-electron chi connectivity index (χ2n) is 3.99. The van der Waals surface area contributed by atoms with Crippen molar-refractivity contribution in [3.8, 4) is 0 Å². The second-order valence-corrected chi connectivity index (χ2v) is 3.99. The van der Waals surface area contributed by atoms with Crippen LogP contribution in [0.25, 0.3) is 0 Å². The molecule has 0 atom stereocenters. The number of hydrogen-bond donors (Lipinski definition) is 2. The van der Waals surface area contributed by atoms with Gasteiger partial charge in [0.1, 0.15) is 0 Å². The number of benzene rings is 1. The van der Waals surface area contributed by atoms with Crippen molar-refractivity contribution in [2.75, 3.05) is 18.4 Å². The van der Waals surface area contributed by atoms with Crippen LogP contribution < -0.4 is 10.6 Å². The largest absolute Gasteiger partial charge is 0.380 e. The quantitative estimate of drug-likeness (QED) is 0.761. The van der Waals surface area contributed by atoms with Crippen molar-refractivity contribution in [2.45, 2.75) is 26.3 Å². The Morgan fingerprint density at radius 3 is 2.79 bits per heavy atom. The molecule has 1 fully saturated rings. The van der Waals surface area contributed by atoms with Gasteiger partial charge in [0.05, 0.1) is 6.04 Å². The zero-order chi connectivity index (χ0) is 9.97. The molecule has 0 aliphatic carbocycles. The molecule has 2 heteroatoms. The molecule has 0 unspecified atom stereocenters. The zero-order valence-corrected chi connectivity index (χ0v) is 8.93. The highest BCUT2D eigenvalue weighted by Crippen LogP contribution is 2.17. The molecule has 0 radical (unpaired) electrons. The summed E-state index contributed by atoms with van der Waals surface area (Å²) in [5.41, 5.74) is 4.10. The van der Waals surface area contributed by atoms with Gasteiger partial charge in [-0.2, -0.15) is 0 Å². The van der Waals surface area contributed by atoms with Crippen LogP contribution in [0.5, 0.6) is 0 Å². The van der Waals surface area contributed by atoms with E-state index < -0.39 is 0 Å². The predicted molar refractivity (Wildman–Crippen MR) is 60.8 cm³/mol. The molecule has 1 aliphatic heterocycles. The van der Waals surface area contributed by atoms with E-state index >= 15 is 0 Å². The molecule has 0 bridgehead atoms. The van der Waals surface area contributed by atoms with Crippen LogP contribution in [0.4, 0.5) is 5.69 Å². The van der Waals surface area contributed by atoms with E-state index in [1.54, 1.807) is 0 Å². The molecule has 1 aromatic rings. The fourth-order valence-corrected chi connectivity index (χ4v) is 1.77. The normalized spacial score (nSPS) is 16.4. The minimum atomic E-state index is 0.627. The number of anilines is 1. The van der Waals surface area contributed by atoms with Crippen molar-refractivity contribution >= 4 is 5.69 Å². The van der Waals surface area contributed by atoms with Crippen LogP contribution in [0.3, 0.4) is 0 Å². The first-order chi connectivity index (χ1) is 6.79. The van der Waals surface area contributed by atoms with Crippen LogP contribution in [0.2, 0.25) is 0 Å². The van der Waals surface area contributed by atoms with Crippen LogP contribution in [0.1, 0.15) is 18.1 Å². The predicted octanol–water partition coefficient (Wildman–Crippen LogP) is 1.94. The smallest absolute Gasteiger partial charge is 0.0510 e. The van der Waals surface area contributed by atoms with Gasteiger partial charge in [-0.25, -0.2) is 0 Å². The van der Waals surface area contributed by atoms with E-state index in [1.165, 1.54) is 16.8 Å². The van der Waals surface area contributed by atoms with E-state index in [1.807, 2.05) is 0 Å². The van der Waals surface area contributed by atoms with Gasteiger partial charge in [-0.3, -0.25) is 0 Å². The molecule has 14 heavy (non-hydrogen) atoms. The maximum Gasteiger partial charge on any atom is 0.0510 e. The molecule has 0 spiro atoms. The first-order valence-corrected chi connectivity index (χ1v) is 5.36. The summed E-state index contributed by atoms with van der Waals surface area (Å²) in [5.74, 6) is 0. The molecule has 2 rings (SSSR count). The Hall–Kier alpha value is -1.02. The maximum atomic E-state index is 3.52. The average molecular weight is 190 g/mol. The second kappa shape index (κ2) is 4.01. The van der Waals surface area contributed by atoms with Crippen molar-refractivity contribution in [3.05, 3.63) is 29.3 Å². The van der Waals surface area contributed by atoms with Gasteiger partial charge in [-0.1, -0.05) is 13.0 Å². The van der Waals surface area contributed by atoms with E-state index in [4.69, 9.17) is 0 Å². The van der Waals surface area contributed by atoms with Crippen LogP contribution in [0, 0.1) is 6.92 Å². The van der Waals surface area contributed by atoms with E-state index in [0.717, 1.165) is 19.5 Å². The van der Waals surface area contributed by atoms with E-state index in [-0.39, 0.29) is 0 Å². The molecule has 0 amide bonds. The highest BCUT2D eigenvalue weighted by molar-refractivity contribution is 5.49. The Kier molecular flexibility index (Phi) is 2.73. The van der Waals surface area contributed by atoms with Crippen molar-refractivity contribution in [1.29, 1.82) is 0 Å². The molecule has 0 saturated carbocycles. The zero-order valence-electron chi connectivity index (χ0n) is 8.93. The highest BCUT2D eigenvalue weighted by Gasteiger charge is 2.15. The van der Waals surface area contributed by atoms with Gasteiger partial charge < -0.3 is 10.6 Å². The van der Waals surface area contributed by atoms with Gasteiger partial charge in [0, 0.05) is 18.8 Å². The lowest BCUT2D eigenvalue weighted by atomic mass is 10.0. The Morgan fingerprint density at radius 2 is 2.21 bits per heavy atom. The van der Waals surface area contributed by atoms with Gasteiger partial charge in [0.2, 0.25) is 0 Å². The third-order valence-electron chi connectivity index (χ3n) is 2.88. The SMILES string of the molecule is CCc1cc(NC2CNC2)ccc1C. The summed E-state index contributed by atoms with van der Waals surface area (Å²) in [7, 11) is 0. The summed E-state index contributed by atoms with van der Waals surface area (Å²) < 4.78 is 0. The summed E-state index contributed by atoms with van der Waals surface area (Å²) in [6, 6.07) is 7.27. The van der Waals surface area contributed by atoms with Crippen molar-refractivity contribution in [3.63, 3.8) is 0 Å². The molecule has 1 heterocycles. The summed E-state index contributed by atoms with van der Waals surface area (Å²) in [6.07, 6.45) is 1.12. The number of hydrogen-bond acceptors (Lipinski definition) is 2. The molecule has 76 valence electrons. The van der Waals surface area contributed by atoms with E-state index in [2.05, 4.69) is 42.7 Å². The number of nitrogens with one attached hydrogen (secondary N) is 2. The van der Waals surface area contributed by atoms with Crippen molar-refractivity contribution in [2.24, 2.45) is 0 Å². The fraction of sp³-hybridized carbons (Fsp3) is 0.500. The first kappa shape index (κ1) is 9.53. The Balaban J connectivity index is 2.09. The van der Waals surface area contributed by atoms with Crippen LogP contribution in [-0.2, 0) is 6.42 Å². The number of aryl methyl sites for hydroxylation is 2.